The van der Waals surface area contributed by atoms with Gasteiger partial charge in [0.05, 0.1) is 4.92 Å². The zero-order chi connectivity index (χ0) is 15.9. The summed E-state index contributed by atoms with van der Waals surface area (Å²) in [6, 6.07) is 4.08. The number of nitrogens with zero attached hydrogens (tertiary/aromatic N) is 2. The van der Waals surface area contributed by atoms with Gasteiger partial charge in [0.15, 0.2) is 0 Å². The number of nitrogens with one attached hydrogen (secondary N) is 1. The molecule has 0 radical (unpaired) electrons. The summed E-state index contributed by atoms with van der Waals surface area (Å²) >= 11 is 5.73. The molecule has 120 valence electrons. The number of piperidine rings is 1. The van der Waals surface area contributed by atoms with Crippen LogP contribution in [0.3, 0.4) is 0 Å². The van der Waals surface area contributed by atoms with Crippen molar-refractivity contribution in [3.05, 3.63) is 38.9 Å². The average molecular weight is 326 g/mol. The fourth-order valence-corrected chi connectivity index (χ4v) is 2.77. The van der Waals surface area contributed by atoms with Crippen LogP contribution in [0, 0.1) is 10.1 Å². The maximum atomic E-state index is 12.0. The van der Waals surface area contributed by atoms with Crippen molar-refractivity contribution in [2.24, 2.45) is 0 Å². The molecule has 2 rings (SSSR count). The van der Waals surface area contributed by atoms with Gasteiger partial charge in [-0.05, 0) is 51.0 Å². The molecule has 1 aromatic carbocycles. The van der Waals surface area contributed by atoms with Gasteiger partial charge in [0.1, 0.15) is 5.02 Å². The summed E-state index contributed by atoms with van der Waals surface area (Å²) in [6.45, 7) is 3.81. The van der Waals surface area contributed by atoms with E-state index in [0.29, 0.717) is 6.54 Å². The van der Waals surface area contributed by atoms with Crippen LogP contribution in [0.15, 0.2) is 18.2 Å². The van der Waals surface area contributed by atoms with Crippen molar-refractivity contribution in [1.29, 1.82) is 0 Å². The van der Waals surface area contributed by atoms with Gasteiger partial charge in [0.2, 0.25) is 0 Å². The number of hydrogen-bond donors (Lipinski definition) is 1. The maximum absolute atomic E-state index is 12.0. The highest BCUT2D eigenvalue weighted by Gasteiger charge is 2.16. The Kier molecular flexibility index (Phi) is 6.15. The summed E-state index contributed by atoms with van der Waals surface area (Å²) in [7, 11) is 0. The summed E-state index contributed by atoms with van der Waals surface area (Å²) in [5.74, 6) is -0.307. The van der Waals surface area contributed by atoms with Crippen molar-refractivity contribution in [2.75, 3.05) is 26.2 Å². The highest BCUT2D eigenvalue weighted by molar-refractivity contribution is 6.32. The largest absolute Gasteiger partial charge is 0.352 e. The molecule has 0 atom stereocenters. The number of hydrogen-bond acceptors (Lipinski definition) is 4. The van der Waals surface area contributed by atoms with Gasteiger partial charge in [-0.1, -0.05) is 18.0 Å². The molecular weight excluding hydrogens is 306 g/mol. The molecule has 1 aliphatic heterocycles. The molecule has 1 N–H and O–H groups in total. The third-order valence-electron chi connectivity index (χ3n) is 3.79. The van der Waals surface area contributed by atoms with E-state index >= 15 is 0 Å². The van der Waals surface area contributed by atoms with Gasteiger partial charge in [0, 0.05) is 18.2 Å². The number of carbonyl (C=O) groups excluding carboxylic acids is 1. The summed E-state index contributed by atoms with van der Waals surface area (Å²) in [5.41, 5.74) is 0.0108. The van der Waals surface area contributed by atoms with Crippen molar-refractivity contribution in [2.45, 2.75) is 25.7 Å². The molecule has 22 heavy (non-hydrogen) atoms. The van der Waals surface area contributed by atoms with Gasteiger partial charge < -0.3 is 10.2 Å². The van der Waals surface area contributed by atoms with E-state index in [0.717, 1.165) is 26.1 Å². The summed E-state index contributed by atoms with van der Waals surface area (Å²) in [5, 5.41) is 13.6. The summed E-state index contributed by atoms with van der Waals surface area (Å²) in [6.07, 6.45) is 4.69. The molecule has 6 nitrogen and oxygen atoms in total. The lowest BCUT2D eigenvalue weighted by atomic mass is 10.1. The first-order chi connectivity index (χ1) is 10.6. The first-order valence-corrected chi connectivity index (χ1v) is 7.90. The predicted octanol–water partition coefficient (Wildman–Crippen LogP) is 2.85. The fourth-order valence-electron chi connectivity index (χ4n) is 2.58. The molecule has 0 bridgehead atoms. The molecule has 0 unspecified atom stereocenters. The number of carbonyl (C=O) groups is 1. The molecule has 7 heteroatoms. The molecule has 1 fully saturated rings. The molecular formula is C15H20ClN3O3. The molecule has 0 aromatic heterocycles. The minimum absolute atomic E-state index is 0.0339. The van der Waals surface area contributed by atoms with E-state index in [-0.39, 0.29) is 22.2 Å². The Morgan fingerprint density at radius 3 is 2.73 bits per heavy atom. The number of nitro benzene ring substituents is 1. The molecule has 0 saturated carbocycles. The second-order valence-electron chi connectivity index (χ2n) is 5.44. The van der Waals surface area contributed by atoms with Gasteiger partial charge >= 0.3 is 0 Å². The van der Waals surface area contributed by atoms with Crippen molar-refractivity contribution in [1.82, 2.24) is 10.2 Å². The Labute approximate surface area is 134 Å². The van der Waals surface area contributed by atoms with Crippen LogP contribution in [0.1, 0.15) is 36.0 Å². The van der Waals surface area contributed by atoms with Crippen LogP contribution >= 0.6 is 11.6 Å². The van der Waals surface area contributed by atoms with E-state index in [1.54, 1.807) is 0 Å². The second-order valence-corrected chi connectivity index (χ2v) is 5.84. The van der Waals surface area contributed by atoms with Crippen LogP contribution in [-0.4, -0.2) is 41.9 Å². The number of nitro groups is 1. The van der Waals surface area contributed by atoms with Crippen LogP contribution in [0.2, 0.25) is 5.02 Å². The van der Waals surface area contributed by atoms with E-state index in [1.807, 2.05) is 0 Å². The lowest BCUT2D eigenvalue weighted by Gasteiger charge is -2.26. The van der Waals surface area contributed by atoms with Crippen molar-refractivity contribution in [3.63, 3.8) is 0 Å². The number of rotatable bonds is 6. The molecule has 0 aliphatic carbocycles. The normalized spacial score (nSPS) is 15.5. The van der Waals surface area contributed by atoms with Gasteiger partial charge in [-0.3, -0.25) is 14.9 Å². The van der Waals surface area contributed by atoms with E-state index < -0.39 is 4.92 Å². The minimum Gasteiger partial charge on any atom is -0.352 e. The van der Waals surface area contributed by atoms with Gasteiger partial charge in [-0.25, -0.2) is 0 Å². The third kappa shape index (κ3) is 4.68. The van der Waals surface area contributed by atoms with Crippen LogP contribution in [0.4, 0.5) is 5.69 Å². The van der Waals surface area contributed by atoms with E-state index in [2.05, 4.69) is 10.2 Å². The highest BCUT2D eigenvalue weighted by Crippen LogP contribution is 2.24. The summed E-state index contributed by atoms with van der Waals surface area (Å²) in [4.78, 5) is 24.6. The van der Waals surface area contributed by atoms with Crippen LogP contribution < -0.4 is 5.32 Å². The van der Waals surface area contributed by atoms with Gasteiger partial charge in [0.25, 0.3) is 11.6 Å². The lowest BCUT2D eigenvalue weighted by molar-refractivity contribution is -0.384. The molecule has 1 amide bonds. The quantitative estimate of drug-likeness (QED) is 0.496. The third-order valence-corrected chi connectivity index (χ3v) is 4.11. The summed E-state index contributed by atoms with van der Waals surface area (Å²) < 4.78 is 0. The average Bonchev–Trinajstić information content (AvgIpc) is 2.52. The number of amides is 1. The van der Waals surface area contributed by atoms with E-state index in [9.17, 15) is 14.9 Å². The maximum Gasteiger partial charge on any atom is 0.288 e. The Bertz CT molecular complexity index is 545. The van der Waals surface area contributed by atoms with Crippen molar-refractivity contribution in [3.8, 4) is 0 Å². The van der Waals surface area contributed by atoms with Crippen LogP contribution in [-0.2, 0) is 0 Å². The first-order valence-electron chi connectivity index (χ1n) is 7.52. The monoisotopic (exact) mass is 325 g/mol. The molecule has 1 saturated heterocycles. The first kappa shape index (κ1) is 16.7. The van der Waals surface area contributed by atoms with Crippen LogP contribution in [0.25, 0.3) is 0 Å². The fraction of sp³-hybridized carbons (Fsp3) is 0.533. The Balaban J connectivity index is 1.79. The molecule has 1 aliphatic rings. The van der Waals surface area contributed by atoms with Crippen molar-refractivity contribution < 1.29 is 9.72 Å². The molecule has 1 aromatic rings. The number of halogens is 1. The standard InChI is InChI=1S/C15H20ClN3O3/c16-13-6-5-12(11-14(13)19(21)22)15(20)17-7-4-10-18-8-2-1-3-9-18/h5-6,11H,1-4,7-10H2,(H,17,20). The molecule has 1 heterocycles. The second kappa shape index (κ2) is 8.10. The smallest absolute Gasteiger partial charge is 0.288 e. The highest BCUT2D eigenvalue weighted by atomic mass is 35.5. The van der Waals surface area contributed by atoms with E-state index in [4.69, 9.17) is 11.6 Å². The van der Waals surface area contributed by atoms with Crippen LogP contribution in [0.5, 0.6) is 0 Å². The minimum atomic E-state index is -0.588. The predicted molar refractivity (Wildman–Crippen MR) is 85.3 cm³/mol. The Hall–Kier alpha value is -1.66. The van der Waals surface area contributed by atoms with Gasteiger partial charge in [-0.15, -0.1) is 0 Å². The Morgan fingerprint density at radius 2 is 2.05 bits per heavy atom. The van der Waals surface area contributed by atoms with E-state index in [1.165, 1.54) is 37.5 Å². The number of benzene rings is 1. The van der Waals surface area contributed by atoms with Crippen molar-refractivity contribution >= 4 is 23.2 Å². The number of likely N-dealkylation sites (tertiary alicyclic amines) is 1. The SMILES string of the molecule is O=C(NCCCN1CCCCC1)c1ccc(Cl)c([N+](=O)[O-])c1. The zero-order valence-electron chi connectivity index (χ0n) is 12.4. The Morgan fingerprint density at radius 1 is 1.32 bits per heavy atom. The molecule has 0 spiro atoms. The lowest BCUT2D eigenvalue weighted by Crippen LogP contribution is -2.33. The zero-order valence-corrected chi connectivity index (χ0v) is 13.1. The van der Waals surface area contributed by atoms with Gasteiger partial charge in [-0.2, -0.15) is 0 Å². The topological polar surface area (TPSA) is 75.5 Å².